The molecule has 1 atom stereocenters. The van der Waals surface area contributed by atoms with Crippen molar-refractivity contribution in [2.24, 2.45) is 0 Å². The van der Waals surface area contributed by atoms with Crippen LogP contribution in [0.15, 0.2) is 12.1 Å². The smallest absolute Gasteiger partial charge is 0.122 e. The summed E-state index contributed by atoms with van der Waals surface area (Å²) in [6, 6.07) is 4.57. The maximum absolute atomic E-state index is 6.21. The van der Waals surface area contributed by atoms with E-state index < -0.39 is 0 Å². The molecule has 1 saturated heterocycles. The Labute approximate surface area is 114 Å². The predicted octanol–water partition coefficient (Wildman–Crippen LogP) is 2.10. The Kier molecular flexibility index (Phi) is 4.49. The molecule has 0 aromatic heterocycles. The lowest BCUT2D eigenvalue weighted by atomic mass is 10.0. The molecule has 0 bridgehead atoms. The van der Waals surface area contributed by atoms with Crippen molar-refractivity contribution in [3.8, 4) is 5.75 Å². The van der Waals surface area contributed by atoms with Crippen LogP contribution >= 0.6 is 11.6 Å². The fraction of sp³-hybridized carbons (Fsp3) is 0.571. The molecule has 0 aliphatic carbocycles. The third kappa shape index (κ3) is 2.97. The first-order valence-corrected chi connectivity index (χ1v) is 6.73. The number of ether oxygens (including phenoxy) is 1. The molecule has 1 N–H and O–H groups in total. The number of rotatable bonds is 3. The standard InChI is InChI=1S/C14H21ClN2O/c1-10-6-14(18-3)11(8-13(10)15)7-12-9-16-4-5-17(12)2/h6,8,12,16H,4-5,7,9H2,1-3H3. The number of hydrogen-bond donors (Lipinski definition) is 1. The van der Waals surface area contributed by atoms with E-state index in [1.54, 1.807) is 7.11 Å². The van der Waals surface area contributed by atoms with Gasteiger partial charge in [0.05, 0.1) is 7.11 Å². The number of methoxy groups -OCH3 is 1. The zero-order valence-corrected chi connectivity index (χ0v) is 12.0. The molecule has 100 valence electrons. The van der Waals surface area contributed by atoms with Crippen molar-refractivity contribution >= 4 is 11.6 Å². The monoisotopic (exact) mass is 268 g/mol. The number of piperazine rings is 1. The highest BCUT2D eigenvalue weighted by atomic mass is 35.5. The van der Waals surface area contributed by atoms with Gasteiger partial charge in [-0.25, -0.2) is 0 Å². The number of hydrogen-bond acceptors (Lipinski definition) is 3. The van der Waals surface area contributed by atoms with Crippen LogP contribution in [-0.4, -0.2) is 44.7 Å². The van der Waals surface area contributed by atoms with Gasteiger partial charge in [-0.05, 0) is 43.7 Å². The van der Waals surface area contributed by atoms with E-state index in [4.69, 9.17) is 16.3 Å². The largest absolute Gasteiger partial charge is 0.496 e. The second kappa shape index (κ2) is 5.91. The zero-order chi connectivity index (χ0) is 13.1. The molecule has 1 aliphatic heterocycles. The molecule has 2 rings (SSSR count). The molecule has 3 nitrogen and oxygen atoms in total. The maximum Gasteiger partial charge on any atom is 0.122 e. The molecule has 0 saturated carbocycles. The molecule has 0 spiro atoms. The van der Waals surface area contributed by atoms with Crippen LogP contribution in [0.4, 0.5) is 0 Å². The second-order valence-corrected chi connectivity index (χ2v) is 5.36. The Hall–Kier alpha value is -0.770. The van der Waals surface area contributed by atoms with E-state index in [1.807, 2.05) is 19.1 Å². The first-order valence-electron chi connectivity index (χ1n) is 6.35. The normalized spacial score (nSPS) is 21.0. The quantitative estimate of drug-likeness (QED) is 0.909. The minimum atomic E-state index is 0.506. The van der Waals surface area contributed by atoms with Gasteiger partial charge in [0.1, 0.15) is 5.75 Å². The molecular formula is C14H21ClN2O. The number of nitrogens with zero attached hydrogens (tertiary/aromatic N) is 1. The van der Waals surface area contributed by atoms with Crippen molar-refractivity contribution in [2.45, 2.75) is 19.4 Å². The fourth-order valence-electron chi connectivity index (χ4n) is 2.39. The number of likely N-dealkylation sites (N-methyl/N-ethyl adjacent to an activating group) is 1. The number of halogens is 1. The van der Waals surface area contributed by atoms with Crippen molar-refractivity contribution in [1.82, 2.24) is 10.2 Å². The van der Waals surface area contributed by atoms with E-state index in [-0.39, 0.29) is 0 Å². The lowest BCUT2D eigenvalue weighted by molar-refractivity contribution is 0.198. The Morgan fingerprint density at radius 1 is 1.50 bits per heavy atom. The van der Waals surface area contributed by atoms with E-state index in [0.717, 1.165) is 42.4 Å². The summed E-state index contributed by atoms with van der Waals surface area (Å²) in [5.74, 6) is 0.941. The summed E-state index contributed by atoms with van der Waals surface area (Å²) in [5.41, 5.74) is 2.25. The van der Waals surface area contributed by atoms with Gasteiger partial charge in [-0.15, -0.1) is 0 Å². The highest BCUT2D eigenvalue weighted by Gasteiger charge is 2.20. The molecule has 0 radical (unpaired) electrons. The summed E-state index contributed by atoms with van der Waals surface area (Å²) >= 11 is 6.21. The number of aryl methyl sites for hydroxylation is 1. The zero-order valence-electron chi connectivity index (χ0n) is 11.3. The molecule has 18 heavy (non-hydrogen) atoms. The second-order valence-electron chi connectivity index (χ2n) is 4.96. The Morgan fingerprint density at radius 3 is 2.94 bits per heavy atom. The first kappa shape index (κ1) is 13.7. The number of nitrogens with one attached hydrogen (secondary N) is 1. The molecule has 1 aromatic carbocycles. The predicted molar refractivity (Wildman–Crippen MR) is 75.7 cm³/mol. The summed E-state index contributed by atoms with van der Waals surface area (Å²) in [5, 5.41) is 4.25. The minimum Gasteiger partial charge on any atom is -0.496 e. The molecule has 1 aromatic rings. The topological polar surface area (TPSA) is 24.5 Å². The fourth-order valence-corrected chi connectivity index (χ4v) is 2.58. The average Bonchev–Trinajstić information content (AvgIpc) is 2.36. The Bertz CT molecular complexity index is 423. The van der Waals surface area contributed by atoms with Crippen molar-refractivity contribution < 1.29 is 4.74 Å². The van der Waals surface area contributed by atoms with Crippen LogP contribution in [0.2, 0.25) is 5.02 Å². The molecule has 1 fully saturated rings. The van der Waals surface area contributed by atoms with Gasteiger partial charge in [-0.2, -0.15) is 0 Å². The van der Waals surface area contributed by atoms with E-state index in [1.165, 1.54) is 5.56 Å². The van der Waals surface area contributed by atoms with Gasteiger partial charge in [0, 0.05) is 30.7 Å². The van der Waals surface area contributed by atoms with Gasteiger partial charge in [0.25, 0.3) is 0 Å². The van der Waals surface area contributed by atoms with Gasteiger partial charge in [0.2, 0.25) is 0 Å². The van der Waals surface area contributed by atoms with Crippen LogP contribution in [0, 0.1) is 6.92 Å². The lowest BCUT2D eigenvalue weighted by Gasteiger charge is -2.33. The van der Waals surface area contributed by atoms with E-state index in [2.05, 4.69) is 17.3 Å². The van der Waals surface area contributed by atoms with Crippen molar-refractivity contribution in [3.05, 3.63) is 28.3 Å². The Balaban J connectivity index is 2.19. The van der Waals surface area contributed by atoms with Gasteiger partial charge in [-0.3, -0.25) is 0 Å². The summed E-state index contributed by atoms with van der Waals surface area (Å²) in [6.07, 6.45) is 0.965. The third-order valence-corrected chi connectivity index (χ3v) is 4.07. The summed E-state index contributed by atoms with van der Waals surface area (Å²) in [7, 11) is 3.89. The molecule has 0 amide bonds. The SMILES string of the molecule is COc1cc(C)c(Cl)cc1CC1CNCCN1C. The lowest BCUT2D eigenvalue weighted by Crippen LogP contribution is -2.50. The van der Waals surface area contributed by atoms with Gasteiger partial charge < -0.3 is 15.0 Å². The molecule has 4 heteroatoms. The highest BCUT2D eigenvalue weighted by molar-refractivity contribution is 6.31. The van der Waals surface area contributed by atoms with Gasteiger partial charge >= 0.3 is 0 Å². The minimum absolute atomic E-state index is 0.506. The summed E-state index contributed by atoms with van der Waals surface area (Å²) in [4.78, 5) is 2.39. The molecular weight excluding hydrogens is 248 g/mol. The van der Waals surface area contributed by atoms with Crippen LogP contribution in [0.1, 0.15) is 11.1 Å². The van der Waals surface area contributed by atoms with Gasteiger partial charge in [-0.1, -0.05) is 11.6 Å². The van der Waals surface area contributed by atoms with E-state index in [0.29, 0.717) is 6.04 Å². The Morgan fingerprint density at radius 2 is 2.28 bits per heavy atom. The molecule has 1 heterocycles. The van der Waals surface area contributed by atoms with Gasteiger partial charge in [0.15, 0.2) is 0 Å². The average molecular weight is 269 g/mol. The van der Waals surface area contributed by atoms with Crippen LogP contribution in [0.3, 0.4) is 0 Å². The van der Waals surface area contributed by atoms with Crippen molar-refractivity contribution in [2.75, 3.05) is 33.8 Å². The van der Waals surface area contributed by atoms with Crippen LogP contribution < -0.4 is 10.1 Å². The summed E-state index contributed by atoms with van der Waals surface area (Å²) in [6.45, 7) is 5.18. The highest BCUT2D eigenvalue weighted by Crippen LogP contribution is 2.28. The summed E-state index contributed by atoms with van der Waals surface area (Å²) < 4.78 is 5.46. The van der Waals surface area contributed by atoms with Crippen LogP contribution in [0.5, 0.6) is 5.75 Å². The molecule has 1 unspecified atom stereocenters. The third-order valence-electron chi connectivity index (χ3n) is 3.66. The van der Waals surface area contributed by atoms with Crippen LogP contribution in [0.25, 0.3) is 0 Å². The van der Waals surface area contributed by atoms with E-state index >= 15 is 0 Å². The van der Waals surface area contributed by atoms with Crippen molar-refractivity contribution in [3.63, 3.8) is 0 Å². The first-order chi connectivity index (χ1) is 8.61. The van der Waals surface area contributed by atoms with Crippen LogP contribution in [-0.2, 0) is 6.42 Å². The number of benzene rings is 1. The maximum atomic E-state index is 6.21. The van der Waals surface area contributed by atoms with Crippen molar-refractivity contribution in [1.29, 1.82) is 0 Å². The molecule has 1 aliphatic rings. The van der Waals surface area contributed by atoms with E-state index in [9.17, 15) is 0 Å².